The first kappa shape index (κ1) is 67.0. The second-order valence-electron chi connectivity index (χ2n) is 21.7. The number of phosphoric acid groups is 1. The van der Waals surface area contributed by atoms with Crippen molar-refractivity contribution in [3.05, 3.63) is 24.3 Å². The third-order valence-electron chi connectivity index (χ3n) is 13.7. The smallest absolute Gasteiger partial charge is 0.387 e. The number of quaternary nitrogens is 1. The summed E-state index contributed by atoms with van der Waals surface area (Å²) >= 11 is 0. The molecule has 3 N–H and O–H groups in total. The molecule has 68 heavy (non-hydrogen) atoms. The standard InChI is InChI=1S/C59H117N2O6P/c1-6-8-10-12-14-16-18-20-22-24-26-28-29-30-31-33-35-37-39-41-43-45-47-49-51-53-59(63)60-57(56-67-68(64,65)66-55-54-61(3,4)5)58(62)52-50-48-46-44-42-40-38-36-34-32-27-25-23-21-19-17-15-13-11-9-7-2/h30-31,50,52,57-58,62H,6-29,32-49,51,53-56H2,1-5H3,(H-,60,63,64,65)/p+1/b31-30-,52-50+. The van der Waals surface area contributed by atoms with Crippen LogP contribution in [0.5, 0.6) is 0 Å². The molecule has 0 aromatic carbocycles. The van der Waals surface area contributed by atoms with E-state index in [2.05, 4.69) is 31.3 Å². The molecule has 8 nitrogen and oxygen atoms in total. The van der Waals surface area contributed by atoms with Crippen molar-refractivity contribution in [3.8, 4) is 0 Å². The van der Waals surface area contributed by atoms with E-state index in [-0.39, 0.29) is 19.1 Å². The van der Waals surface area contributed by atoms with E-state index in [9.17, 15) is 19.4 Å². The highest BCUT2D eigenvalue weighted by Crippen LogP contribution is 2.43. The minimum Gasteiger partial charge on any atom is -0.387 e. The van der Waals surface area contributed by atoms with Crippen LogP contribution in [0, 0.1) is 0 Å². The summed E-state index contributed by atoms with van der Waals surface area (Å²) in [7, 11) is 1.58. The molecule has 0 radical (unpaired) electrons. The Hall–Kier alpha value is -1.02. The molecule has 404 valence electrons. The minimum atomic E-state index is -4.35. The van der Waals surface area contributed by atoms with Crippen LogP contribution in [-0.4, -0.2) is 73.4 Å². The molecule has 0 aromatic heterocycles. The Kier molecular flexibility index (Phi) is 50.1. The fourth-order valence-electron chi connectivity index (χ4n) is 8.98. The number of allylic oxidation sites excluding steroid dienone is 3. The van der Waals surface area contributed by atoms with Gasteiger partial charge in [-0.25, -0.2) is 4.57 Å². The van der Waals surface area contributed by atoms with Gasteiger partial charge in [-0.15, -0.1) is 0 Å². The first-order valence-electron chi connectivity index (χ1n) is 29.7. The lowest BCUT2D eigenvalue weighted by molar-refractivity contribution is -0.870. The number of carbonyl (C=O) groups is 1. The van der Waals surface area contributed by atoms with Crippen molar-refractivity contribution in [1.29, 1.82) is 0 Å². The summed E-state index contributed by atoms with van der Waals surface area (Å²) in [5.74, 6) is -0.174. The van der Waals surface area contributed by atoms with Gasteiger partial charge in [0, 0.05) is 6.42 Å². The predicted octanol–water partition coefficient (Wildman–Crippen LogP) is 18.0. The van der Waals surface area contributed by atoms with E-state index in [1.54, 1.807) is 6.08 Å². The normalized spacial score (nSPS) is 14.0. The second kappa shape index (κ2) is 50.9. The van der Waals surface area contributed by atoms with Crippen molar-refractivity contribution >= 4 is 13.7 Å². The van der Waals surface area contributed by atoms with Crippen LogP contribution in [0.15, 0.2) is 24.3 Å². The number of phosphoric ester groups is 1. The van der Waals surface area contributed by atoms with Crippen LogP contribution in [0.2, 0.25) is 0 Å². The molecule has 1 amide bonds. The summed E-state index contributed by atoms with van der Waals surface area (Å²) in [4.78, 5) is 23.3. The van der Waals surface area contributed by atoms with Gasteiger partial charge < -0.3 is 19.8 Å². The highest BCUT2D eigenvalue weighted by molar-refractivity contribution is 7.47. The number of nitrogens with one attached hydrogen (secondary N) is 1. The van der Waals surface area contributed by atoms with Gasteiger partial charge in [-0.05, 0) is 44.9 Å². The zero-order chi connectivity index (χ0) is 49.9. The van der Waals surface area contributed by atoms with Crippen LogP contribution in [-0.2, 0) is 18.4 Å². The van der Waals surface area contributed by atoms with Crippen molar-refractivity contribution in [1.82, 2.24) is 5.32 Å². The van der Waals surface area contributed by atoms with E-state index in [0.29, 0.717) is 17.4 Å². The SMILES string of the molecule is CCCCCCCCCCCCCC/C=C\CCCCCCCCCCCC(=O)NC(COP(=O)(O)OCC[N+](C)(C)C)C(O)/C=C/CCCCCCCCCCCCCCCCCCCCC. The van der Waals surface area contributed by atoms with Crippen LogP contribution < -0.4 is 5.32 Å². The summed E-state index contributed by atoms with van der Waals surface area (Å²) in [6.45, 7) is 4.86. The van der Waals surface area contributed by atoms with Gasteiger partial charge >= 0.3 is 7.82 Å². The molecule has 0 heterocycles. The quantitative estimate of drug-likeness (QED) is 0.0243. The Bertz CT molecular complexity index is 1160. The number of unbranched alkanes of at least 4 members (excludes halogenated alkanes) is 40. The Labute approximate surface area is 424 Å². The Morgan fingerprint density at radius 3 is 1.13 bits per heavy atom. The lowest BCUT2D eigenvalue weighted by Crippen LogP contribution is -2.45. The van der Waals surface area contributed by atoms with Gasteiger partial charge in [-0.3, -0.25) is 13.8 Å². The fraction of sp³-hybridized carbons (Fsp3) is 0.915. The lowest BCUT2D eigenvalue weighted by Gasteiger charge is -2.25. The van der Waals surface area contributed by atoms with Crippen molar-refractivity contribution in [2.45, 2.75) is 309 Å². The molecular weight excluding hydrogens is 864 g/mol. The van der Waals surface area contributed by atoms with Crippen LogP contribution in [0.3, 0.4) is 0 Å². The number of likely N-dealkylation sites (N-methyl/N-ethyl adjacent to an activating group) is 1. The van der Waals surface area contributed by atoms with Crippen LogP contribution in [0.1, 0.15) is 296 Å². The largest absolute Gasteiger partial charge is 0.472 e. The highest BCUT2D eigenvalue weighted by atomic mass is 31.2. The van der Waals surface area contributed by atoms with E-state index in [0.717, 1.165) is 38.5 Å². The van der Waals surface area contributed by atoms with Crippen molar-refractivity contribution in [2.75, 3.05) is 40.9 Å². The maximum Gasteiger partial charge on any atom is 0.472 e. The Balaban J connectivity index is 4.18. The number of carbonyl (C=O) groups excluding carboxylic acids is 1. The first-order valence-corrected chi connectivity index (χ1v) is 31.2. The third kappa shape index (κ3) is 52.8. The molecule has 0 spiro atoms. The summed E-state index contributed by atoms with van der Waals surface area (Å²) < 4.78 is 23.7. The summed E-state index contributed by atoms with van der Waals surface area (Å²) in [6.07, 6.45) is 64.2. The van der Waals surface area contributed by atoms with Gasteiger partial charge in [-0.2, -0.15) is 0 Å². The van der Waals surface area contributed by atoms with Crippen LogP contribution in [0.25, 0.3) is 0 Å². The zero-order valence-electron chi connectivity index (χ0n) is 46.1. The molecule has 9 heteroatoms. The molecule has 0 aromatic rings. The van der Waals surface area contributed by atoms with Crippen LogP contribution >= 0.6 is 7.82 Å². The molecule has 0 bridgehead atoms. The molecule has 0 rings (SSSR count). The summed E-state index contributed by atoms with van der Waals surface area (Å²) in [5.41, 5.74) is 0. The average molecular weight is 983 g/mol. The van der Waals surface area contributed by atoms with Gasteiger partial charge in [0.05, 0.1) is 39.9 Å². The Morgan fingerprint density at radius 1 is 0.485 bits per heavy atom. The van der Waals surface area contributed by atoms with Crippen LogP contribution in [0.4, 0.5) is 0 Å². The number of rotatable bonds is 55. The predicted molar refractivity (Wildman–Crippen MR) is 295 cm³/mol. The highest BCUT2D eigenvalue weighted by Gasteiger charge is 2.27. The minimum absolute atomic E-state index is 0.0629. The summed E-state index contributed by atoms with van der Waals surface area (Å²) in [5, 5.41) is 14.0. The second-order valence-corrected chi connectivity index (χ2v) is 23.2. The van der Waals surface area contributed by atoms with Gasteiger partial charge in [0.1, 0.15) is 13.2 Å². The number of nitrogens with zero attached hydrogens (tertiary/aromatic N) is 1. The molecule has 0 fully saturated rings. The fourth-order valence-corrected chi connectivity index (χ4v) is 9.72. The Morgan fingerprint density at radius 2 is 0.794 bits per heavy atom. The summed E-state index contributed by atoms with van der Waals surface area (Å²) in [6, 6.07) is -0.846. The number of aliphatic hydroxyl groups is 1. The average Bonchev–Trinajstić information content (AvgIpc) is 3.30. The van der Waals surface area contributed by atoms with E-state index < -0.39 is 20.0 Å². The number of amides is 1. The molecule has 0 aliphatic rings. The molecule has 3 unspecified atom stereocenters. The molecule has 0 aliphatic carbocycles. The number of aliphatic hydroxyl groups excluding tert-OH is 1. The molecule has 0 saturated carbocycles. The third-order valence-corrected chi connectivity index (χ3v) is 14.6. The molecule has 3 atom stereocenters. The van der Waals surface area contributed by atoms with E-state index in [1.807, 2.05) is 27.2 Å². The topological polar surface area (TPSA) is 105 Å². The molecular formula is C59H118N2O6P+. The van der Waals surface area contributed by atoms with E-state index in [4.69, 9.17) is 9.05 Å². The van der Waals surface area contributed by atoms with Gasteiger partial charge in [0.15, 0.2) is 0 Å². The maximum absolute atomic E-state index is 13.0. The van der Waals surface area contributed by atoms with Gasteiger partial charge in [0.25, 0.3) is 0 Å². The number of hydrogen-bond acceptors (Lipinski definition) is 5. The monoisotopic (exact) mass is 982 g/mol. The lowest BCUT2D eigenvalue weighted by atomic mass is 10.0. The number of hydrogen-bond donors (Lipinski definition) is 3. The van der Waals surface area contributed by atoms with E-state index >= 15 is 0 Å². The molecule has 0 saturated heterocycles. The zero-order valence-corrected chi connectivity index (χ0v) is 47.0. The maximum atomic E-state index is 13.0. The van der Waals surface area contributed by atoms with Crippen molar-refractivity contribution in [2.24, 2.45) is 0 Å². The van der Waals surface area contributed by atoms with E-state index in [1.165, 1.54) is 238 Å². The first-order chi connectivity index (χ1) is 33.0. The van der Waals surface area contributed by atoms with Crippen molar-refractivity contribution in [3.63, 3.8) is 0 Å². The van der Waals surface area contributed by atoms with Gasteiger partial charge in [0.2, 0.25) is 5.91 Å². The molecule has 0 aliphatic heterocycles. The van der Waals surface area contributed by atoms with Gasteiger partial charge in [-0.1, -0.05) is 269 Å². The van der Waals surface area contributed by atoms with Crippen molar-refractivity contribution < 1.29 is 32.9 Å².